The van der Waals surface area contributed by atoms with Crippen LogP contribution < -0.4 is 10.5 Å². The van der Waals surface area contributed by atoms with Crippen molar-refractivity contribution in [1.29, 1.82) is 0 Å². The topological polar surface area (TPSA) is 61.0 Å². The van der Waals surface area contributed by atoms with E-state index in [0.717, 1.165) is 0 Å². The van der Waals surface area contributed by atoms with E-state index in [1.54, 1.807) is 6.20 Å². The summed E-state index contributed by atoms with van der Waals surface area (Å²) in [5.74, 6) is 0.932. The van der Waals surface area contributed by atoms with Crippen LogP contribution in [0.4, 0.5) is 5.82 Å². The zero-order valence-electron chi connectivity index (χ0n) is 5.74. The Labute approximate surface area is 59.1 Å². The van der Waals surface area contributed by atoms with E-state index in [0.29, 0.717) is 18.2 Å². The van der Waals surface area contributed by atoms with Gasteiger partial charge in [-0.3, -0.25) is 0 Å². The molecule has 0 atom stereocenters. The van der Waals surface area contributed by atoms with Gasteiger partial charge in [-0.1, -0.05) is 0 Å². The van der Waals surface area contributed by atoms with Gasteiger partial charge in [0.2, 0.25) is 0 Å². The lowest BCUT2D eigenvalue weighted by atomic mass is 10.5. The Morgan fingerprint density at radius 1 is 1.70 bits per heavy atom. The summed E-state index contributed by atoms with van der Waals surface area (Å²) >= 11 is 0. The van der Waals surface area contributed by atoms with Crippen molar-refractivity contribution in [2.45, 2.75) is 6.92 Å². The Morgan fingerprint density at radius 3 is 3.10 bits per heavy atom. The van der Waals surface area contributed by atoms with Crippen molar-refractivity contribution in [2.24, 2.45) is 0 Å². The summed E-state index contributed by atoms with van der Waals surface area (Å²) in [6, 6.07) is 0. The smallest absolute Gasteiger partial charge is 0.179 e. The molecule has 0 amide bonds. The molecule has 0 fully saturated rings. The van der Waals surface area contributed by atoms with Crippen molar-refractivity contribution < 1.29 is 4.74 Å². The quantitative estimate of drug-likeness (QED) is 0.646. The van der Waals surface area contributed by atoms with E-state index in [9.17, 15) is 0 Å². The highest BCUT2D eigenvalue weighted by Gasteiger charge is 1.96. The Balaban J connectivity index is 2.81. The third-order valence-electron chi connectivity index (χ3n) is 1.01. The van der Waals surface area contributed by atoms with E-state index in [1.165, 1.54) is 6.33 Å². The van der Waals surface area contributed by atoms with Gasteiger partial charge in [-0.2, -0.15) is 0 Å². The molecule has 4 nitrogen and oxygen atoms in total. The number of aromatic nitrogens is 2. The fraction of sp³-hybridized carbons (Fsp3) is 0.333. The summed E-state index contributed by atoms with van der Waals surface area (Å²) in [6.07, 6.45) is 2.93. The third-order valence-corrected chi connectivity index (χ3v) is 1.01. The summed E-state index contributed by atoms with van der Waals surface area (Å²) in [5.41, 5.74) is 5.43. The van der Waals surface area contributed by atoms with Gasteiger partial charge in [-0.25, -0.2) is 9.97 Å². The van der Waals surface area contributed by atoms with E-state index in [2.05, 4.69) is 9.97 Å². The second kappa shape index (κ2) is 3.00. The largest absolute Gasteiger partial charge is 0.488 e. The molecular formula is C6H9N3O. The molecular weight excluding hydrogens is 130 g/mol. The SMILES string of the molecule is CCOc1cncnc1N. The van der Waals surface area contributed by atoms with E-state index < -0.39 is 0 Å². The molecule has 0 bridgehead atoms. The standard InChI is InChI=1S/C6H9N3O/c1-2-10-5-3-8-4-9-6(5)7/h3-4H,2H2,1H3,(H2,7,8,9). The lowest BCUT2D eigenvalue weighted by molar-refractivity contribution is 0.339. The second-order valence-electron chi connectivity index (χ2n) is 1.71. The predicted molar refractivity (Wildman–Crippen MR) is 37.6 cm³/mol. The molecule has 1 aromatic rings. The molecule has 0 radical (unpaired) electrons. The molecule has 4 heteroatoms. The Morgan fingerprint density at radius 2 is 2.50 bits per heavy atom. The Bertz CT molecular complexity index is 214. The highest BCUT2D eigenvalue weighted by Crippen LogP contribution is 2.14. The van der Waals surface area contributed by atoms with Gasteiger partial charge in [-0.05, 0) is 6.92 Å². The molecule has 0 aliphatic rings. The van der Waals surface area contributed by atoms with Gasteiger partial charge in [0.15, 0.2) is 11.6 Å². The molecule has 54 valence electrons. The second-order valence-corrected chi connectivity index (χ2v) is 1.71. The van der Waals surface area contributed by atoms with Crippen LogP contribution in [-0.2, 0) is 0 Å². The summed E-state index contributed by atoms with van der Waals surface area (Å²) in [7, 11) is 0. The fourth-order valence-electron chi connectivity index (χ4n) is 0.593. The monoisotopic (exact) mass is 139 g/mol. The van der Waals surface area contributed by atoms with E-state index in [4.69, 9.17) is 10.5 Å². The minimum absolute atomic E-state index is 0.386. The zero-order chi connectivity index (χ0) is 7.40. The van der Waals surface area contributed by atoms with Crippen LogP contribution in [0.1, 0.15) is 6.92 Å². The maximum absolute atomic E-state index is 5.43. The van der Waals surface area contributed by atoms with Gasteiger partial charge in [0.1, 0.15) is 6.33 Å². The average molecular weight is 139 g/mol. The van der Waals surface area contributed by atoms with Crippen LogP contribution in [-0.4, -0.2) is 16.6 Å². The normalized spacial score (nSPS) is 9.30. The molecule has 0 saturated carbocycles. The van der Waals surface area contributed by atoms with Crippen LogP contribution >= 0.6 is 0 Å². The van der Waals surface area contributed by atoms with E-state index in [-0.39, 0.29) is 0 Å². The number of anilines is 1. The molecule has 2 N–H and O–H groups in total. The first-order valence-corrected chi connectivity index (χ1v) is 3.03. The Hall–Kier alpha value is -1.32. The number of hydrogen-bond acceptors (Lipinski definition) is 4. The number of rotatable bonds is 2. The van der Waals surface area contributed by atoms with Crippen LogP contribution in [0.2, 0.25) is 0 Å². The predicted octanol–water partition coefficient (Wildman–Crippen LogP) is 0.457. The Kier molecular flexibility index (Phi) is 2.04. The van der Waals surface area contributed by atoms with Crippen LogP contribution in [0.25, 0.3) is 0 Å². The van der Waals surface area contributed by atoms with Gasteiger partial charge in [-0.15, -0.1) is 0 Å². The van der Waals surface area contributed by atoms with Crippen molar-refractivity contribution >= 4 is 5.82 Å². The van der Waals surface area contributed by atoms with Gasteiger partial charge < -0.3 is 10.5 Å². The van der Waals surface area contributed by atoms with Crippen molar-refractivity contribution in [3.63, 3.8) is 0 Å². The average Bonchev–Trinajstić information content (AvgIpc) is 1.94. The van der Waals surface area contributed by atoms with Crippen molar-refractivity contribution in [3.8, 4) is 5.75 Å². The van der Waals surface area contributed by atoms with Crippen molar-refractivity contribution in [3.05, 3.63) is 12.5 Å². The minimum atomic E-state index is 0.386. The first-order valence-electron chi connectivity index (χ1n) is 3.03. The molecule has 1 aromatic heterocycles. The number of nitrogens with two attached hydrogens (primary N) is 1. The van der Waals surface area contributed by atoms with Gasteiger partial charge >= 0.3 is 0 Å². The summed E-state index contributed by atoms with van der Waals surface area (Å²) < 4.78 is 5.09. The summed E-state index contributed by atoms with van der Waals surface area (Å²) in [6.45, 7) is 2.46. The molecule has 0 aliphatic carbocycles. The van der Waals surface area contributed by atoms with E-state index in [1.807, 2.05) is 6.92 Å². The highest BCUT2D eigenvalue weighted by atomic mass is 16.5. The third kappa shape index (κ3) is 1.34. The number of ether oxygens (including phenoxy) is 1. The van der Waals surface area contributed by atoms with Crippen LogP contribution in [0.3, 0.4) is 0 Å². The molecule has 1 rings (SSSR count). The highest BCUT2D eigenvalue weighted by molar-refractivity contribution is 5.42. The summed E-state index contributed by atoms with van der Waals surface area (Å²) in [4.78, 5) is 7.49. The molecule has 0 saturated heterocycles. The lowest BCUT2D eigenvalue weighted by Gasteiger charge is -2.02. The summed E-state index contributed by atoms with van der Waals surface area (Å²) in [5, 5.41) is 0. The van der Waals surface area contributed by atoms with Gasteiger partial charge in [0.25, 0.3) is 0 Å². The zero-order valence-corrected chi connectivity index (χ0v) is 5.74. The van der Waals surface area contributed by atoms with Crippen LogP contribution in [0, 0.1) is 0 Å². The first-order chi connectivity index (χ1) is 4.84. The maximum atomic E-state index is 5.43. The fourth-order valence-corrected chi connectivity index (χ4v) is 0.593. The number of nitrogen functional groups attached to an aromatic ring is 1. The molecule has 0 aromatic carbocycles. The van der Waals surface area contributed by atoms with Gasteiger partial charge in [0.05, 0.1) is 12.8 Å². The minimum Gasteiger partial charge on any atom is -0.488 e. The molecule has 0 unspecified atom stereocenters. The molecule has 1 heterocycles. The number of hydrogen-bond donors (Lipinski definition) is 1. The lowest BCUT2D eigenvalue weighted by Crippen LogP contribution is -1.99. The maximum Gasteiger partial charge on any atom is 0.179 e. The first kappa shape index (κ1) is 6.80. The number of nitrogens with zero attached hydrogens (tertiary/aromatic N) is 2. The molecule has 0 spiro atoms. The van der Waals surface area contributed by atoms with Crippen molar-refractivity contribution in [2.75, 3.05) is 12.3 Å². The molecule has 0 aliphatic heterocycles. The van der Waals surface area contributed by atoms with Crippen LogP contribution in [0.15, 0.2) is 12.5 Å². The van der Waals surface area contributed by atoms with E-state index >= 15 is 0 Å². The van der Waals surface area contributed by atoms with Gasteiger partial charge in [0, 0.05) is 0 Å². The van der Waals surface area contributed by atoms with Crippen LogP contribution in [0.5, 0.6) is 5.75 Å². The molecule has 10 heavy (non-hydrogen) atoms. The van der Waals surface area contributed by atoms with Crippen molar-refractivity contribution in [1.82, 2.24) is 9.97 Å².